The Morgan fingerprint density at radius 3 is 2.82 bits per heavy atom. The highest BCUT2D eigenvalue weighted by Crippen LogP contribution is 2.13. The van der Waals surface area contributed by atoms with Gasteiger partial charge >= 0.3 is 0 Å². The molecule has 0 saturated carbocycles. The minimum Gasteiger partial charge on any atom is -0.378 e. The zero-order valence-corrected chi connectivity index (χ0v) is 12.6. The fourth-order valence-corrected chi connectivity index (χ4v) is 2.10. The Hall–Kier alpha value is -2.03. The van der Waals surface area contributed by atoms with E-state index in [4.69, 9.17) is 4.74 Å². The van der Waals surface area contributed by atoms with Crippen LogP contribution >= 0.6 is 12.4 Å². The van der Waals surface area contributed by atoms with Crippen molar-refractivity contribution in [3.05, 3.63) is 29.8 Å². The molecule has 3 N–H and O–H groups in total. The average Bonchev–Trinajstić information content (AvgIpc) is 3.08. The third-order valence-electron chi connectivity index (χ3n) is 3.26. The number of benzene rings is 1. The van der Waals surface area contributed by atoms with Gasteiger partial charge in [-0.15, -0.1) is 22.6 Å². The number of H-pyrrole nitrogens is 1. The molecular weight excluding hydrogens is 308 g/mol. The van der Waals surface area contributed by atoms with Gasteiger partial charge in [0, 0.05) is 18.7 Å². The van der Waals surface area contributed by atoms with Gasteiger partial charge in [-0.05, 0) is 10.8 Å². The number of nitrogens with zero attached hydrogens (tertiary/aromatic N) is 3. The molecule has 1 aliphatic rings. The molecule has 2 aromatic rings. The van der Waals surface area contributed by atoms with Crippen molar-refractivity contribution >= 4 is 18.3 Å². The molecule has 0 aliphatic carbocycles. The molecule has 118 valence electrons. The van der Waals surface area contributed by atoms with Crippen LogP contribution in [0.4, 0.5) is 0 Å². The first kappa shape index (κ1) is 16.3. The van der Waals surface area contributed by atoms with Crippen LogP contribution in [-0.4, -0.2) is 52.3 Å². The van der Waals surface area contributed by atoms with Gasteiger partial charge in [-0.2, -0.15) is 5.21 Å². The summed E-state index contributed by atoms with van der Waals surface area (Å²) in [7, 11) is 0. The molecule has 22 heavy (non-hydrogen) atoms. The van der Waals surface area contributed by atoms with Crippen molar-refractivity contribution in [1.82, 2.24) is 31.3 Å². The Bertz CT molecular complexity index is 583. The van der Waals surface area contributed by atoms with E-state index in [0.717, 1.165) is 11.1 Å². The van der Waals surface area contributed by atoms with Gasteiger partial charge < -0.3 is 15.4 Å². The molecule has 1 aromatic heterocycles. The summed E-state index contributed by atoms with van der Waals surface area (Å²) in [6.45, 7) is 2.25. The quantitative estimate of drug-likeness (QED) is 0.725. The molecule has 1 amide bonds. The number of hydrogen-bond acceptors (Lipinski definition) is 6. The molecule has 0 spiro atoms. The number of morpholine rings is 1. The molecule has 1 fully saturated rings. The van der Waals surface area contributed by atoms with Crippen LogP contribution in [0.5, 0.6) is 0 Å². The maximum atomic E-state index is 11.9. The normalized spacial score (nSPS) is 17.5. The zero-order chi connectivity index (χ0) is 14.5. The van der Waals surface area contributed by atoms with E-state index in [0.29, 0.717) is 32.1 Å². The van der Waals surface area contributed by atoms with Gasteiger partial charge in [0.25, 0.3) is 0 Å². The minimum atomic E-state index is -0.266. The summed E-state index contributed by atoms with van der Waals surface area (Å²) in [6, 6.07) is 7.38. The van der Waals surface area contributed by atoms with Crippen LogP contribution in [0.3, 0.4) is 0 Å². The molecule has 1 aliphatic heterocycles. The fraction of sp³-hybridized carbons (Fsp3) is 0.385. The minimum absolute atomic E-state index is 0. The number of aromatic nitrogens is 4. The molecule has 0 radical (unpaired) electrons. The van der Waals surface area contributed by atoms with Crippen LogP contribution in [0.25, 0.3) is 11.4 Å². The van der Waals surface area contributed by atoms with E-state index >= 15 is 0 Å². The molecule has 1 saturated heterocycles. The number of ether oxygens (including phenoxy) is 1. The Balaban J connectivity index is 0.00000176. The highest BCUT2D eigenvalue weighted by Gasteiger charge is 2.20. The van der Waals surface area contributed by atoms with Gasteiger partial charge in [0.2, 0.25) is 11.7 Å². The van der Waals surface area contributed by atoms with Gasteiger partial charge in [0.15, 0.2) is 0 Å². The summed E-state index contributed by atoms with van der Waals surface area (Å²) < 4.78 is 5.27. The molecule has 0 bridgehead atoms. The van der Waals surface area contributed by atoms with Crippen molar-refractivity contribution < 1.29 is 9.53 Å². The molecule has 1 unspecified atom stereocenters. The lowest BCUT2D eigenvalue weighted by Gasteiger charge is -2.22. The van der Waals surface area contributed by atoms with Crippen LogP contribution in [0.15, 0.2) is 24.3 Å². The van der Waals surface area contributed by atoms with E-state index in [-0.39, 0.29) is 24.4 Å². The van der Waals surface area contributed by atoms with Gasteiger partial charge in [-0.25, -0.2) is 0 Å². The predicted octanol–water partition coefficient (Wildman–Crippen LogP) is -0.107. The third kappa shape index (κ3) is 4.00. The van der Waals surface area contributed by atoms with Crippen LogP contribution in [-0.2, 0) is 16.1 Å². The lowest BCUT2D eigenvalue weighted by atomic mass is 10.1. The van der Waals surface area contributed by atoms with Crippen molar-refractivity contribution in [2.24, 2.45) is 0 Å². The molecule has 3 rings (SSSR count). The molecule has 2 heterocycles. The SMILES string of the molecule is Cl.O=C(NCc1ccc(-c2nn[nH]n2)cc1)C1COCCN1. The number of tetrazole rings is 1. The Morgan fingerprint density at radius 1 is 1.36 bits per heavy atom. The molecular formula is C13H17ClN6O2. The lowest BCUT2D eigenvalue weighted by molar-refractivity contribution is -0.126. The van der Waals surface area contributed by atoms with E-state index in [1.165, 1.54) is 0 Å². The Labute approximate surface area is 133 Å². The standard InChI is InChI=1S/C13H16N6O2.ClH/c20-13(11-8-21-6-5-14-11)15-7-9-1-3-10(4-2-9)12-16-18-19-17-12;/h1-4,11,14H,5-8H2,(H,15,20)(H,16,17,18,19);1H. The second kappa shape index (κ2) is 7.83. The van der Waals surface area contributed by atoms with Crippen LogP contribution < -0.4 is 10.6 Å². The highest BCUT2D eigenvalue weighted by molar-refractivity contribution is 5.85. The smallest absolute Gasteiger partial charge is 0.239 e. The Kier molecular flexibility index (Phi) is 5.82. The molecule has 1 atom stereocenters. The van der Waals surface area contributed by atoms with Crippen molar-refractivity contribution in [2.45, 2.75) is 12.6 Å². The number of hydrogen-bond donors (Lipinski definition) is 3. The van der Waals surface area contributed by atoms with Gasteiger partial charge in [-0.3, -0.25) is 4.79 Å². The monoisotopic (exact) mass is 324 g/mol. The highest BCUT2D eigenvalue weighted by atomic mass is 35.5. The summed E-state index contributed by atoms with van der Waals surface area (Å²) in [5, 5.41) is 19.8. The summed E-state index contributed by atoms with van der Waals surface area (Å²) in [5.74, 6) is 0.506. The fourth-order valence-electron chi connectivity index (χ4n) is 2.10. The molecule has 1 aromatic carbocycles. The number of halogens is 1. The molecule has 9 heteroatoms. The zero-order valence-electron chi connectivity index (χ0n) is 11.8. The number of amides is 1. The van der Waals surface area contributed by atoms with Gasteiger partial charge in [0.05, 0.1) is 13.2 Å². The maximum absolute atomic E-state index is 11.9. The summed E-state index contributed by atoms with van der Waals surface area (Å²) in [5.41, 5.74) is 1.88. The average molecular weight is 325 g/mol. The van der Waals surface area contributed by atoms with Crippen molar-refractivity contribution in [2.75, 3.05) is 19.8 Å². The van der Waals surface area contributed by atoms with Crippen molar-refractivity contribution in [1.29, 1.82) is 0 Å². The van der Waals surface area contributed by atoms with Crippen molar-refractivity contribution in [3.8, 4) is 11.4 Å². The van der Waals surface area contributed by atoms with Crippen LogP contribution in [0.1, 0.15) is 5.56 Å². The van der Waals surface area contributed by atoms with E-state index in [9.17, 15) is 4.79 Å². The van der Waals surface area contributed by atoms with E-state index in [2.05, 4.69) is 31.3 Å². The van der Waals surface area contributed by atoms with Crippen molar-refractivity contribution in [3.63, 3.8) is 0 Å². The lowest BCUT2D eigenvalue weighted by Crippen LogP contribution is -2.51. The second-order valence-corrected chi connectivity index (χ2v) is 4.73. The number of aromatic amines is 1. The number of carbonyl (C=O) groups is 1. The maximum Gasteiger partial charge on any atom is 0.239 e. The van der Waals surface area contributed by atoms with Crippen LogP contribution in [0.2, 0.25) is 0 Å². The Morgan fingerprint density at radius 2 is 2.18 bits per heavy atom. The first-order valence-electron chi connectivity index (χ1n) is 6.74. The third-order valence-corrected chi connectivity index (χ3v) is 3.26. The number of rotatable bonds is 4. The number of carbonyl (C=O) groups excluding carboxylic acids is 1. The van der Waals surface area contributed by atoms with Crippen LogP contribution in [0, 0.1) is 0 Å². The van der Waals surface area contributed by atoms with Gasteiger partial charge in [-0.1, -0.05) is 24.3 Å². The summed E-state index contributed by atoms with van der Waals surface area (Å²) in [6.07, 6.45) is 0. The number of nitrogens with one attached hydrogen (secondary N) is 3. The van der Waals surface area contributed by atoms with E-state index < -0.39 is 0 Å². The van der Waals surface area contributed by atoms with Gasteiger partial charge in [0.1, 0.15) is 6.04 Å². The summed E-state index contributed by atoms with van der Waals surface area (Å²) >= 11 is 0. The van der Waals surface area contributed by atoms with E-state index in [1.807, 2.05) is 24.3 Å². The van der Waals surface area contributed by atoms with E-state index in [1.54, 1.807) is 0 Å². The predicted molar refractivity (Wildman–Crippen MR) is 81.3 cm³/mol. The first-order chi connectivity index (χ1) is 10.3. The summed E-state index contributed by atoms with van der Waals surface area (Å²) in [4.78, 5) is 11.9. The topological polar surface area (TPSA) is 105 Å². The molecule has 8 nitrogen and oxygen atoms in total. The first-order valence-corrected chi connectivity index (χ1v) is 6.74. The second-order valence-electron chi connectivity index (χ2n) is 4.73. The largest absolute Gasteiger partial charge is 0.378 e.